The standard InChI is InChI=1S/C8H16BN3O2.2ClH/c1-2-3-4-6(7(13)14-9)5-12-8(10)11;;/h6H,2-5H2,1H3,(H4,10,11,12);2*1H. The molecule has 8 heteroatoms. The van der Waals surface area contributed by atoms with Crippen LogP contribution < -0.4 is 11.5 Å². The fourth-order valence-electron chi connectivity index (χ4n) is 1.05. The summed E-state index contributed by atoms with van der Waals surface area (Å²) in [5.41, 5.74) is 10.3. The second-order valence-electron chi connectivity index (χ2n) is 3.04. The first kappa shape index (κ1) is 20.8. The first-order valence-electron chi connectivity index (χ1n) is 4.57. The summed E-state index contributed by atoms with van der Waals surface area (Å²) in [5.74, 6) is -0.846. The molecule has 0 aliphatic carbocycles. The summed E-state index contributed by atoms with van der Waals surface area (Å²) in [7, 11) is 4.79. The van der Waals surface area contributed by atoms with E-state index in [0.29, 0.717) is 6.42 Å². The van der Waals surface area contributed by atoms with E-state index in [-0.39, 0.29) is 43.2 Å². The minimum atomic E-state index is -0.469. The maximum absolute atomic E-state index is 11.1. The summed E-state index contributed by atoms with van der Waals surface area (Å²) < 4.78 is 4.15. The third-order valence-corrected chi connectivity index (χ3v) is 1.85. The van der Waals surface area contributed by atoms with Crippen LogP contribution in [0.25, 0.3) is 0 Å². The number of halogens is 2. The van der Waals surface area contributed by atoms with Crippen molar-refractivity contribution in [3.05, 3.63) is 0 Å². The van der Waals surface area contributed by atoms with Crippen LogP contribution in [0.1, 0.15) is 26.2 Å². The van der Waals surface area contributed by atoms with Crippen LogP contribution in [-0.4, -0.2) is 26.5 Å². The van der Waals surface area contributed by atoms with Gasteiger partial charge in [0.2, 0.25) is 0 Å². The van der Waals surface area contributed by atoms with Gasteiger partial charge < -0.3 is 16.1 Å². The molecule has 5 nitrogen and oxygen atoms in total. The van der Waals surface area contributed by atoms with E-state index in [2.05, 4.69) is 9.65 Å². The van der Waals surface area contributed by atoms with E-state index in [1.165, 1.54) is 0 Å². The van der Waals surface area contributed by atoms with Gasteiger partial charge in [0, 0.05) is 0 Å². The van der Waals surface area contributed by atoms with Gasteiger partial charge in [0.05, 0.1) is 12.5 Å². The lowest BCUT2D eigenvalue weighted by Crippen LogP contribution is -2.26. The molecule has 94 valence electrons. The summed E-state index contributed by atoms with van der Waals surface area (Å²) in [6.45, 7) is 2.27. The number of aliphatic imine (C=N–C) groups is 1. The molecule has 0 heterocycles. The number of hydrogen-bond acceptors (Lipinski definition) is 3. The second-order valence-corrected chi connectivity index (χ2v) is 3.04. The number of unbranched alkanes of at least 4 members (excludes halogenated alkanes) is 1. The number of rotatable bonds is 6. The number of nitrogens with two attached hydrogens (primary N) is 2. The molecule has 2 radical (unpaired) electrons. The van der Waals surface area contributed by atoms with Crippen molar-refractivity contribution >= 4 is 44.8 Å². The Labute approximate surface area is 110 Å². The Morgan fingerprint density at radius 3 is 2.38 bits per heavy atom. The van der Waals surface area contributed by atoms with Crippen molar-refractivity contribution in [2.75, 3.05) is 6.54 Å². The lowest BCUT2D eigenvalue weighted by atomic mass is 10.0. The zero-order valence-corrected chi connectivity index (χ0v) is 10.9. The molecule has 4 N–H and O–H groups in total. The Bertz CT molecular complexity index is 213. The van der Waals surface area contributed by atoms with Crippen LogP contribution >= 0.6 is 24.8 Å². The average molecular weight is 270 g/mol. The highest BCUT2D eigenvalue weighted by Crippen LogP contribution is 2.10. The van der Waals surface area contributed by atoms with Crippen molar-refractivity contribution in [1.82, 2.24) is 0 Å². The van der Waals surface area contributed by atoms with Crippen LogP contribution in [0.4, 0.5) is 0 Å². The Kier molecular flexibility index (Phi) is 16.2. The van der Waals surface area contributed by atoms with Gasteiger partial charge in [-0.1, -0.05) is 19.8 Å². The molecule has 0 aromatic heterocycles. The Morgan fingerprint density at radius 1 is 1.44 bits per heavy atom. The molecule has 0 fully saturated rings. The molecule has 1 atom stereocenters. The maximum atomic E-state index is 11.1. The Morgan fingerprint density at radius 2 is 2.00 bits per heavy atom. The number of guanidine groups is 1. The predicted octanol–water partition coefficient (Wildman–Crippen LogP) is 0.536. The topological polar surface area (TPSA) is 90.7 Å². The third-order valence-electron chi connectivity index (χ3n) is 1.85. The largest absolute Gasteiger partial charge is 0.543 e. The van der Waals surface area contributed by atoms with Crippen molar-refractivity contribution < 1.29 is 9.45 Å². The molecule has 0 amide bonds. The van der Waals surface area contributed by atoms with Crippen molar-refractivity contribution in [2.45, 2.75) is 26.2 Å². The first-order chi connectivity index (χ1) is 6.61. The van der Waals surface area contributed by atoms with Crippen LogP contribution in [0, 0.1) is 5.92 Å². The molecule has 0 aliphatic heterocycles. The first-order valence-corrected chi connectivity index (χ1v) is 4.57. The number of carbonyl (C=O) groups is 1. The molecule has 0 bridgehead atoms. The molecular weight excluding hydrogens is 252 g/mol. The number of hydrogen-bond donors (Lipinski definition) is 2. The molecule has 0 aliphatic rings. The Balaban J connectivity index is -0.000000845. The monoisotopic (exact) mass is 269 g/mol. The van der Waals surface area contributed by atoms with Crippen LogP contribution in [-0.2, 0) is 9.45 Å². The maximum Gasteiger partial charge on any atom is 0.378 e. The molecule has 0 saturated heterocycles. The van der Waals surface area contributed by atoms with Crippen LogP contribution in [0.2, 0.25) is 0 Å². The van der Waals surface area contributed by atoms with Crippen LogP contribution in [0.3, 0.4) is 0 Å². The quantitative estimate of drug-likeness (QED) is 0.418. The summed E-state index contributed by atoms with van der Waals surface area (Å²) >= 11 is 0. The van der Waals surface area contributed by atoms with Crippen molar-refractivity contribution in [3.8, 4) is 0 Å². The minimum absolute atomic E-state index is 0. The summed E-state index contributed by atoms with van der Waals surface area (Å²) in [6.07, 6.45) is 2.60. The molecule has 0 saturated carbocycles. The molecule has 0 spiro atoms. The summed E-state index contributed by atoms with van der Waals surface area (Å²) in [4.78, 5) is 14.9. The molecule has 1 unspecified atom stereocenters. The molecule has 0 aromatic carbocycles. The third kappa shape index (κ3) is 9.92. The average Bonchev–Trinajstić information content (AvgIpc) is 2.16. The van der Waals surface area contributed by atoms with Crippen LogP contribution in [0.5, 0.6) is 0 Å². The SMILES string of the molecule is Cl.Cl.[B]OC(=O)C(CCCC)CN=C(N)N. The van der Waals surface area contributed by atoms with Gasteiger partial charge >= 0.3 is 8.05 Å². The van der Waals surface area contributed by atoms with Gasteiger partial charge in [0.1, 0.15) is 0 Å². The van der Waals surface area contributed by atoms with Gasteiger partial charge in [-0.15, -0.1) is 24.8 Å². The highest BCUT2D eigenvalue weighted by molar-refractivity contribution is 6.05. The molecular formula is C8H18BCl2N3O2. The van der Waals surface area contributed by atoms with Gasteiger partial charge in [-0.25, -0.2) is 0 Å². The fraction of sp³-hybridized carbons (Fsp3) is 0.750. The van der Waals surface area contributed by atoms with E-state index in [1.54, 1.807) is 0 Å². The molecule has 0 aromatic rings. The zero-order chi connectivity index (χ0) is 11.0. The fourth-order valence-corrected chi connectivity index (χ4v) is 1.05. The van der Waals surface area contributed by atoms with Gasteiger partial charge in [-0.2, -0.15) is 0 Å². The zero-order valence-electron chi connectivity index (χ0n) is 9.22. The van der Waals surface area contributed by atoms with Crippen molar-refractivity contribution in [3.63, 3.8) is 0 Å². The predicted molar refractivity (Wildman–Crippen MR) is 70.0 cm³/mol. The smallest absolute Gasteiger partial charge is 0.378 e. The number of nitrogens with zero attached hydrogens (tertiary/aromatic N) is 1. The van der Waals surface area contributed by atoms with Gasteiger partial charge in [0.15, 0.2) is 5.96 Å². The molecule has 0 rings (SSSR count). The van der Waals surface area contributed by atoms with Gasteiger partial charge in [-0.05, 0) is 6.42 Å². The lowest BCUT2D eigenvalue weighted by molar-refractivity contribution is -0.138. The van der Waals surface area contributed by atoms with E-state index < -0.39 is 5.97 Å². The van der Waals surface area contributed by atoms with Gasteiger partial charge in [-0.3, -0.25) is 9.79 Å². The summed E-state index contributed by atoms with van der Waals surface area (Å²) in [6, 6.07) is 0. The lowest BCUT2D eigenvalue weighted by Gasteiger charge is -2.11. The Hall–Kier alpha value is -0.615. The van der Waals surface area contributed by atoms with E-state index in [9.17, 15) is 4.79 Å². The van der Waals surface area contributed by atoms with E-state index in [0.717, 1.165) is 12.8 Å². The number of carbonyl (C=O) groups excluding carboxylic acids is 1. The molecule has 16 heavy (non-hydrogen) atoms. The second kappa shape index (κ2) is 12.5. The van der Waals surface area contributed by atoms with E-state index in [1.807, 2.05) is 6.92 Å². The van der Waals surface area contributed by atoms with Gasteiger partial charge in [0.25, 0.3) is 5.97 Å². The minimum Gasteiger partial charge on any atom is -0.543 e. The van der Waals surface area contributed by atoms with Crippen molar-refractivity contribution in [1.29, 1.82) is 0 Å². The summed E-state index contributed by atoms with van der Waals surface area (Å²) in [5, 5.41) is 0. The highest BCUT2D eigenvalue weighted by atomic mass is 35.5. The van der Waals surface area contributed by atoms with Crippen LogP contribution in [0.15, 0.2) is 4.99 Å². The van der Waals surface area contributed by atoms with Crippen molar-refractivity contribution in [2.24, 2.45) is 22.4 Å². The van der Waals surface area contributed by atoms with E-state index >= 15 is 0 Å². The highest BCUT2D eigenvalue weighted by Gasteiger charge is 2.17. The normalized spacial score (nSPS) is 10.3. The van der Waals surface area contributed by atoms with E-state index in [4.69, 9.17) is 19.5 Å².